The highest BCUT2D eigenvalue weighted by Crippen LogP contribution is 2.19. The third-order valence-corrected chi connectivity index (χ3v) is 3.45. The highest BCUT2D eigenvalue weighted by Gasteiger charge is 2.12. The number of nitrogens with zero attached hydrogens (tertiary/aromatic N) is 2. The number of likely N-dealkylation sites (N-methyl/N-ethyl adjacent to an activating group) is 1. The Hall–Kier alpha value is -1.26. The van der Waals surface area contributed by atoms with Gasteiger partial charge in [-0.25, -0.2) is 4.98 Å². The van der Waals surface area contributed by atoms with E-state index in [-0.39, 0.29) is 0 Å². The fraction of sp³-hybridized carbons (Fsp3) is 0.385. The molecule has 2 heterocycles. The predicted octanol–water partition coefficient (Wildman–Crippen LogP) is 2.74. The lowest BCUT2D eigenvalue weighted by molar-refractivity contribution is 0.547. The first kappa shape index (κ1) is 12.2. The van der Waals surface area contributed by atoms with Crippen LogP contribution in [0.3, 0.4) is 0 Å². The molecular weight excluding hydrogens is 230 g/mol. The molecule has 1 unspecified atom stereocenters. The molecule has 4 heteroatoms. The van der Waals surface area contributed by atoms with Gasteiger partial charge in [-0.2, -0.15) is 0 Å². The Kier molecular flexibility index (Phi) is 4.23. The zero-order valence-corrected chi connectivity index (χ0v) is 11.0. The Bertz CT molecular complexity index is 436. The van der Waals surface area contributed by atoms with Gasteiger partial charge in [0.1, 0.15) is 0 Å². The SMILES string of the molecule is CCNC(Cc1nccs1)c1ccc(C)nc1. The van der Waals surface area contributed by atoms with Crippen molar-refractivity contribution in [2.24, 2.45) is 0 Å². The Morgan fingerprint density at radius 3 is 2.82 bits per heavy atom. The molecule has 0 aliphatic carbocycles. The Morgan fingerprint density at radius 1 is 1.35 bits per heavy atom. The molecule has 2 rings (SSSR count). The van der Waals surface area contributed by atoms with Crippen molar-refractivity contribution in [2.75, 3.05) is 6.54 Å². The Labute approximate surface area is 106 Å². The molecule has 0 aliphatic heterocycles. The maximum absolute atomic E-state index is 4.35. The summed E-state index contributed by atoms with van der Waals surface area (Å²) < 4.78 is 0. The molecule has 3 nitrogen and oxygen atoms in total. The predicted molar refractivity (Wildman–Crippen MR) is 71.2 cm³/mol. The average molecular weight is 247 g/mol. The molecule has 0 fully saturated rings. The zero-order chi connectivity index (χ0) is 12.1. The molecule has 0 aromatic carbocycles. The van der Waals surface area contributed by atoms with Crippen molar-refractivity contribution < 1.29 is 0 Å². The molecule has 0 spiro atoms. The van der Waals surface area contributed by atoms with Crippen molar-refractivity contribution >= 4 is 11.3 Å². The first-order valence-corrected chi connectivity index (χ1v) is 6.72. The van der Waals surface area contributed by atoms with E-state index in [0.717, 1.165) is 23.7 Å². The molecule has 0 amide bonds. The van der Waals surface area contributed by atoms with Gasteiger partial charge in [0.25, 0.3) is 0 Å². The second-order valence-corrected chi connectivity index (χ2v) is 4.95. The van der Waals surface area contributed by atoms with E-state index in [2.05, 4.69) is 34.3 Å². The van der Waals surface area contributed by atoms with Gasteiger partial charge in [0.05, 0.1) is 5.01 Å². The summed E-state index contributed by atoms with van der Waals surface area (Å²) in [4.78, 5) is 8.69. The number of hydrogen-bond acceptors (Lipinski definition) is 4. The molecule has 0 saturated carbocycles. The van der Waals surface area contributed by atoms with Gasteiger partial charge in [0.2, 0.25) is 0 Å². The molecule has 0 bridgehead atoms. The summed E-state index contributed by atoms with van der Waals surface area (Å²) in [6.07, 6.45) is 4.74. The van der Waals surface area contributed by atoms with Crippen molar-refractivity contribution in [2.45, 2.75) is 26.3 Å². The molecular formula is C13H17N3S. The molecule has 2 aromatic rings. The lowest BCUT2D eigenvalue weighted by Gasteiger charge is -2.16. The topological polar surface area (TPSA) is 37.8 Å². The summed E-state index contributed by atoms with van der Waals surface area (Å²) in [5, 5.41) is 6.67. The number of hydrogen-bond donors (Lipinski definition) is 1. The maximum atomic E-state index is 4.35. The summed E-state index contributed by atoms with van der Waals surface area (Å²) in [6, 6.07) is 4.50. The Balaban J connectivity index is 2.13. The first-order chi connectivity index (χ1) is 8.29. The highest BCUT2D eigenvalue weighted by atomic mass is 32.1. The summed E-state index contributed by atoms with van der Waals surface area (Å²) in [6.45, 7) is 5.08. The van der Waals surface area contributed by atoms with Crippen LogP contribution in [0.25, 0.3) is 0 Å². The van der Waals surface area contributed by atoms with Crippen LogP contribution in [0.2, 0.25) is 0 Å². The van der Waals surface area contributed by atoms with Crippen LogP contribution in [-0.2, 0) is 6.42 Å². The lowest BCUT2D eigenvalue weighted by Crippen LogP contribution is -2.23. The van der Waals surface area contributed by atoms with Crippen molar-refractivity contribution in [3.63, 3.8) is 0 Å². The summed E-state index contributed by atoms with van der Waals surface area (Å²) >= 11 is 1.70. The quantitative estimate of drug-likeness (QED) is 0.883. The van der Waals surface area contributed by atoms with E-state index in [4.69, 9.17) is 0 Å². The second-order valence-electron chi connectivity index (χ2n) is 3.97. The van der Waals surface area contributed by atoms with E-state index in [1.165, 1.54) is 5.56 Å². The number of thiazole rings is 1. The van der Waals surface area contributed by atoms with Crippen LogP contribution < -0.4 is 5.32 Å². The zero-order valence-electron chi connectivity index (χ0n) is 10.2. The third kappa shape index (κ3) is 3.35. The number of pyridine rings is 1. The molecule has 17 heavy (non-hydrogen) atoms. The monoisotopic (exact) mass is 247 g/mol. The van der Waals surface area contributed by atoms with Gasteiger partial charge >= 0.3 is 0 Å². The van der Waals surface area contributed by atoms with E-state index in [1.54, 1.807) is 11.3 Å². The minimum atomic E-state index is 0.305. The van der Waals surface area contributed by atoms with Crippen LogP contribution in [0.15, 0.2) is 29.9 Å². The van der Waals surface area contributed by atoms with Gasteiger partial charge in [-0.15, -0.1) is 11.3 Å². The minimum Gasteiger partial charge on any atom is -0.310 e. The number of aryl methyl sites for hydroxylation is 1. The smallest absolute Gasteiger partial charge is 0.0943 e. The number of rotatable bonds is 5. The van der Waals surface area contributed by atoms with Crippen molar-refractivity contribution in [1.29, 1.82) is 0 Å². The van der Waals surface area contributed by atoms with Crippen LogP contribution in [0, 0.1) is 6.92 Å². The molecule has 1 N–H and O–H groups in total. The maximum Gasteiger partial charge on any atom is 0.0943 e. The fourth-order valence-electron chi connectivity index (χ4n) is 1.77. The normalized spacial score (nSPS) is 12.6. The highest BCUT2D eigenvalue weighted by molar-refractivity contribution is 7.09. The van der Waals surface area contributed by atoms with Crippen molar-refractivity contribution in [3.05, 3.63) is 46.2 Å². The van der Waals surface area contributed by atoms with Crippen LogP contribution in [0.4, 0.5) is 0 Å². The van der Waals surface area contributed by atoms with Gasteiger partial charge in [0.15, 0.2) is 0 Å². The van der Waals surface area contributed by atoms with Crippen LogP contribution in [0.1, 0.15) is 29.2 Å². The van der Waals surface area contributed by atoms with E-state index in [0.29, 0.717) is 6.04 Å². The van der Waals surface area contributed by atoms with Gasteiger partial charge in [-0.05, 0) is 25.1 Å². The van der Waals surface area contributed by atoms with E-state index >= 15 is 0 Å². The summed E-state index contributed by atoms with van der Waals surface area (Å²) in [5.74, 6) is 0. The van der Waals surface area contributed by atoms with E-state index < -0.39 is 0 Å². The first-order valence-electron chi connectivity index (χ1n) is 5.84. The van der Waals surface area contributed by atoms with Gasteiger partial charge in [-0.1, -0.05) is 13.0 Å². The van der Waals surface area contributed by atoms with E-state index in [1.807, 2.05) is 24.7 Å². The minimum absolute atomic E-state index is 0.305. The fourth-order valence-corrected chi connectivity index (χ4v) is 2.43. The van der Waals surface area contributed by atoms with Gasteiger partial charge in [-0.3, -0.25) is 4.98 Å². The number of nitrogens with one attached hydrogen (secondary N) is 1. The van der Waals surface area contributed by atoms with Crippen LogP contribution in [-0.4, -0.2) is 16.5 Å². The third-order valence-electron chi connectivity index (χ3n) is 2.65. The summed E-state index contributed by atoms with van der Waals surface area (Å²) in [5.41, 5.74) is 2.28. The Morgan fingerprint density at radius 2 is 2.24 bits per heavy atom. The van der Waals surface area contributed by atoms with E-state index in [9.17, 15) is 0 Å². The van der Waals surface area contributed by atoms with Gasteiger partial charge in [0, 0.05) is 35.9 Å². The molecule has 0 radical (unpaired) electrons. The molecule has 0 saturated heterocycles. The van der Waals surface area contributed by atoms with Crippen LogP contribution >= 0.6 is 11.3 Å². The lowest BCUT2D eigenvalue weighted by atomic mass is 10.1. The second kappa shape index (κ2) is 5.89. The molecule has 0 aliphatic rings. The molecule has 2 aromatic heterocycles. The largest absolute Gasteiger partial charge is 0.310 e. The molecule has 90 valence electrons. The standard InChI is InChI=1S/C13H17N3S/c1-3-14-12(8-13-15-6-7-17-13)11-5-4-10(2)16-9-11/h4-7,9,12,14H,3,8H2,1-2H3. The molecule has 1 atom stereocenters. The van der Waals surface area contributed by atoms with Crippen LogP contribution in [0.5, 0.6) is 0 Å². The summed E-state index contributed by atoms with van der Waals surface area (Å²) in [7, 11) is 0. The number of aromatic nitrogens is 2. The van der Waals surface area contributed by atoms with Gasteiger partial charge < -0.3 is 5.32 Å². The average Bonchev–Trinajstić information content (AvgIpc) is 2.82. The van der Waals surface area contributed by atoms with Crippen molar-refractivity contribution in [1.82, 2.24) is 15.3 Å². The van der Waals surface area contributed by atoms with Crippen molar-refractivity contribution in [3.8, 4) is 0 Å².